The fourth-order valence-electron chi connectivity index (χ4n) is 2.16. The van der Waals surface area contributed by atoms with Crippen LogP contribution in [-0.4, -0.2) is 6.54 Å². The molecule has 0 aliphatic carbocycles. The molecule has 1 heteroatoms. The first-order chi connectivity index (χ1) is 8.75. The van der Waals surface area contributed by atoms with Crippen molar-refractivity contribution in [2.24, 2.45) is 0 Å². The molecule has 2 aromatic carbocycles. The highest BCUT2D eigenvalue weighted by Gasteiger charge is 2.03. The zero-order valence-electron chi connectivity index (χ0n) is 11.2. The predicted molar refractivity (Wildman–Crippen MR) is 77.7 cm³/mol. The summed E-state index contributed by atoms with van der Waals surface area (Å²) in [6.45, 7) is 5.37. The number of nitrogens with one attached hydrogen (secondary N) is 1. The average molecular weight is 239 g/mol. The molecule has 0 radical (unpaired) electrons. The second-order valence-corrected chi connectivity index (χ2v) is 4.83. The Hall–Kier alpha value is -1.60. The van der Waals surface area contributed by atoms with Crippen molar-refractivity contribution in [1.29, 1.82) is 0 Å². The minimum Gasteiger partial charge on any atom is -0.310 e. The van der Waals surface area contributed by atoms with Crippen LogP contribution in [0.2, 0.25) is 0 Å². The molecule has 1 N–H and O–H groups in total. The molecule has 0 bridgehead atoms. The molecule has 1 atom stereocenters. The first kappa shape index (κ1) is 12.8. The molecule has 18 heavy (non-hydrogen) atoms. The zero-order chi connectivity index (χ0) is 12.8. The standard InChI is InChI=1S/C17H21N/c1-14-7-6-8-16(13-14)11-12-18-15(2)17-9-4-3-5-10-17/h3-10,13,15,18H,11-12H2,1-2H3. The molecule has 1 nitrogen and oxygen atoms in total. The fourth-order valence-corrected chi connectivity index (χ4v) is 2.16. The van der Waals surface area contributed by atoms with Gasteiger partial charge < -0.3 is 5.32 Å². The largest absolute Gasteiger partial charge is 0.310 e. The van der Waals surface area contributed by atoms with Crippen LogP contribution in [0.15, 0.2) is 54.6 Å². The summed E-state index contributed by atoms with van der Waals surface area (Å²) in [7, 11) is 0. The summed E-state index contributed by atoms with van der Waals surface area (Å²) in [5.74, 6) is 0. The Balaban J connectivity index is 1.82. The monoisotopic (exact) mass is 239 g/mol. The molecule has 0 fully saturated rings. The molecule has 0 aliphatic rings. The lowest BCUT2D eigenvalue weighted by molar-refractivity contribution is 0.577. The van der Waals surface area contributed by atoms with Crippen LogP contribution >= 0.6 is 0 Å². The maximum absolute atomic E-state index is 3.57. The van der Waals surface area contributed by atoms with E-state index >= 15 is 0 Å². The summed E-state index contributed by atoms with van der Waals surface area (Å²) in [6.07, 6.45) is 1.08. The summed E-state index contributed by atoms with van der Waals surface area (Å²) < 4.78 is 0. The van der Waals surface area contributed by atoms with Crippen molar-refractivity contribution < 1.29 is 0 Å². The Labute approximate surface area is 110 Å². The zero-order valence-corrected chi connectivity index (χ0v) is 11.2. The van der Waals surface area contributed by atoms with Gasteiger partial charge in [-0.1, -0.05) is 60.2 Å². The Kier molecular flexibility index (Phi) is 4.54. The Morgan fingerprint density at radius 2 is 1.78 bits per heavy atom. The highest BCUT2D eigenvalue weighted by molar-refractivity contribution is 5.22. The molecular formula is C17H21N. The van der Waals surface area contributed by atoms with E-state index in [1.807, 2.05) is 0 Å². The van der Waals surface area contributed by atoms with E-state index in [0.29, 0.717) is 6.04 Å². The van der Waals surface area contributed by atoms with Gasteiger partial charge in [0.25, 0.3) is 0 Å². The molecule has 0 saturated carbocycles. The number of hydrogen-bond acceptors (Lipinski definition) is 1. The molecular weight excluding hydrogens is 218 g/mol. The lowest BCUT2D eigenvalue weighted by atomic mass is 10.1. The number of aryl methyl sites for hydroxylation is 1. The van der Waals surface area contributed by atoms with Gasteiger partial charge in [0.1, 0.15) is 0 Å². The predicted octanol–water partition coefficient (Wildman–Crippen LogP) is 3.89. The van der Waals surface area contributed by atoms with Gasteiger partial charge in [-0.05, 0) is 37.9 Å². The smallest absolute Gasteiger partial charge is 0.0291 e. The highest BCUT2D eigenvalue weighted by Crippen LogP contribution is 2.11. The average Bonchev–Trinajstić information content (AvgIpc) is 2.40. The van der Waals surface area contributed by atoms with Crippen molar-refractivity contribution in [3.63, 3.8) is 0 Å². The van der Waals surface area contributed by atoms with Gasteiger partial charge in [-0.15, -0.1) is 0 Å². The molecule has 0 aromatic heterocycles. The minimum absolute atomic E-state index is 0.413. The van der Waals surface area contributed by atoms with Gasteiger partial charge in [0, 0.05) is 6.04 Å². The summed E-state index contributed by atoms with van der Waals surface area (Å²) in [6, 6.07) is 19.7. The summed E-state index contributed by atoms with van der Waals surface area (Å²) in [4.78, 5) is 0. The first-order valence-electron chi connectivity index (χ1n) is 6.59. The first-order valence-corrected chi connectivity index (χ1v) is 6.59. The maximum Gasteiger partial charge on any atom is 0.0291 e. The number of rotatable bonds is 5. The van der Waals surface area contributed by atoms with Crippen molar-refractivity contribution in [1.82, 2.24) is 5.32 Å². The third-order valence-electron chi connectivity index (χ3n) is 3.25. The van der Waals surface area contributed by atoms with Gasteiger partial charge in [0.05, 0.1) is 0 Å². The van der Waals surface area contributed by atoms with E-state index in [0.717, 1.165) is 13.0 Å². The summed E-state index contributed by atoms with van der Waals surface area (Å²) in [5.41, 5.74) is 4.09. The lowest BCUT2D eigenvalue weighted by Gasteiger charge is -2.14. The quantitative estimate of drug-likeness (QED) is 0.834. The van der Waals surface area contributed by atoms with Gasteiger partial charge >= 0.3 is 0 Å². The SMILES string of the molecule is Cc1cccc(CCNC(C)c2ccccc2)c1. The van der Waals surface area contributed by atoms with E-state index in [9.17, 15) is 0 Å². The van der Waals surface area contributed by atoms with E-state index in [2.05, 4.69) is 73.8 Å². The van der Waals surface area contributed by atoms with Gasteiger partial charge in [0.2, 0.25) is 0 Å². The molecule has 0 heterocycles. The maximum atomic E-state index is 3.57. The van der Waals surface area contributed by atoms with Gasteiger partial charge in [0.15, 0.2) is 0 Å². The fraction of sp³-hybridized carbons (Fsp3) is 0.294. The molecule has 0 amide bonds. The van der Waals surface area contributed by atoms with Crippen LogP contribution in [0, 0.1) is 6.92 Å². The van der Waals surface area contributed by atoms with Gasteiger partial charge in [-0.25, -0.2) is 0 Å². The van der Waals surface area contributed by atoms with Gasteiger partial charge in [-0.2, -0.15) is 0 Å². The van der Waals surface area contributed by atoms with Crippen LogP contribution in [0.25, 0.3) is 0 Å². The minimum atomic E-state index is 0.413. The normalized spacial score (nSPS) is 12.3. The molecule has 0 spiro atoms. The van der Waals surface area contributed by atoms with Crippen molar-refractivity contribution in [2.45, 2.75) is 26.3 Å². The van der Waals surface area contributed by atoms with E-state index < -0.39 is 0 Å². The Bertz CT molecular complexity index is 476. The van der Waals surface area contributed by atoms with Gasteiger partial charge in [-0.3, -0.25) is 0 Å². The molecule has 2 rings (SSSR count). The third-order valence-corrected chi connectivity index (χ3v) is 3.25. The molecule has 0 aliphatic heterocycles. The van der Waals surface area contributed by atoms with Crippen LogP contribution in [0.5, 0.6) is 0 Å². The van der Waals surface area contributed by atoms with Crippen LogP contribution in [-0.2, 0) is 6.42 Å². The van der Waals surface area contributed by atoms with Crippen molar-refractivity contribution in [3.8, 4) is 0 Å². The molecule has 0 saturated heterocycles. The van der Waals surface area contributed by atoms with E-state index in [-0.39, 0.29) is 0 Å². The third kappa shape index (κ3) is 3.71. The van der Waals surface area contributed by atoms with Crippen molar-refractivity contribution in [2.75, 3.05) is 6.54 Å². The van der Waals surface area contributed by atoms with E-state index in [4.69, 9.17) is 0 Å². The van der Waals surface area contributed by atoms with Crippen LogP contribution in [0.3, 0.4) is 0 Å². The Morgan fingerprint density at radius 3 is 2.50 bits per heavy atom. The number of benzene rings is 2. The van der Waals surface area contributed by atoms with Crippen molar-refractivity contribution >= 4 is 0 Å². The molecule has 1 unspecified atom stereocenters. The summed E-state index contributed by atoms with van der Waals surface area (Å²) >= 11 is 0. The van der Waals surface area contributed by atoms with Crippen LogP contribution in [0.1, 0.15) is 29.7 Å². The summed E-state index contributed by atoms with van der Waals surface area (Å²) in [5, 5.41) is 3.57. The van der Waals surface area contributed by atoms with Crippen LogP contribution < -0.4 is 5.32 Å². The Morgan fingerprint density at radius 1 is 1.00 bits per heavy atom. The molecule has 94 valence electrons. The highest BCUT2D eigenvalue weighted by atomic mass is 14.9. The lowest BCUT2D eigenvalue weighted by Crippen LogP contribution is -2.21. The molecule has 2 aromatic rings. The number of hydrogen-bond donors (Lipinski definition) is 1. The van der Waals surface area contributed by atoms with E-state index in [1.54, 1.807) is 0 Å². The van der Waals surface area contributed by atoms with Crippen LogP contribution in [0.4, 0.5) is 0 Å². The topological polar surface area (TPSA) is 12.0 Å². The second kappa shape index (κ2) is 6.36. The second-order valence-electron chi connectivity index (χ2n) is 4.83. The van der Waals surface area contributed by atoms with Crippen molar-refractivity contribution in [3.05, 3.63) is 71.3 Å². The van der Waals surface area contributed by atoms with E-state index in [1.165, 1.54) is 16.7 Å².